The smallest absolute Gasteiger partial charge is 0.133 e. The second kappa shape index (κ2) is 3.91. The fourth-order valence-electron chi connectivity index (χ4n) is 2.51. The van der Waals surface area contributed by atoms with Gasteiger partial charge in [-0.2, -0.15) is 0 Å². The minimum absolute atomic E-state index is 0.0128. The summed E-state index contributed by atoms with van der Waals surface area (Å²) in [6, 6.07) is 10.2. The predicted molar refractivity (Wildman–Crippen MR) is 63.4 cm³/mol. The fourth-order valence-corrected chi connectivity index (χ4v) is 2.51. The molecule has 0 aliphatic carbocycles. The summed E-state index contributed by atoms with van der Waals surface area (Å²) >= 11 is 0. The fraction of sp³-hybridized carbons (Fsp3) is 0.385. The summed E-state index contributed by atoms with van der Waals surface area (Å²) in [5, 5.41) is 4.27. The lowest BCUT2D eigenvalue weighted by molar-refractivity contribution is 0.187. The number of nitrogens with one attached hydrogen (secondary N) is 1. The Hall–Kier alpha value is -1.35. The highest BCUT2D eigenvalue weighted by molar-refractivity contribution is 5.80. The Balaban J connectivity index is 2.04. The van der Waals surface area contributed by atoms with Crippen LogP contribution in [0.5, 0.6) is 0 Å². The summed E-state index contributed by atoms with van der Waals surface area (Å²) in [4.78, 5) is 0. The van der Waals surface area contributed by atoms with Crippen molar-refractivity contribution < 1.29 is 4.39 Å². The van der Waals surface area contributed by atoms with E-state index in [1.165, 1.54) is 5.39 Å². The van der Waals surface area contributed by atoms with Crippen LogP contribution >= 0.6 is 0 Å². The van der Waals surface area contributed by atoms with Crippen molar-refractivity contribution in [3.63, 3.8) is 0 Å². The Morgan fingerprint density at radius 2 is 2.12 bits per heavy atom. The Morgan fingerprint density at radius 1 is 1.25 bits per heavy atom. The molecule has 0 saturated carbocycles. The molecule has 0 spiro atoms. The molecule has 1 aromatic carbocycles. The molecule has 84 valence electrons. The first-order valence-electron chi connectivity index (χ1n) is 5.76. The average Bonchev–Trinajstić information content (AvgIpc) is 2.74. The number of fused-ring (bicyclic) bond motifs is 1. The summed E-state index contributed by atoms with van der Waals surface area (Å²) in [6.45, 7) is 1.37. The minimum atomic E-state index is -0.787. The summed E-state index contributed by atoms with van der Waals surface area (Å²) in [5.74, 6) is 0. The van der Waals surface area contributed by atoms with Gasteiger partial charge in [-0.25, -0.2) is 4.39 Å². The van der Waals surface area contributed by atoms with Gasteiger partial charge in [0.25, 0.3) is 0 Å². The van der Waals surface area contributed by atoms with Crippen LogP contribution in [0.25, 0.3) is 10.9 Å². The van der Waals surface area contributed by atoms with Crippen molar-refractivity contribution in [1.82, 2.24) is 9.88 Å². The van der Waals surface area contributed by atoms with Crippen LogP contribution in [0, 0.1) is 0 Å². The van der Waals surface area contributed by atoms with Crippen LogP contribution in [0.2, 0.25) is 0 Å². The van der Waals surface area contributed by atoms with E-state index in [4.69, 9.17) is 0 Å². The minimum Gasteiger partial charge on any atom is -0.341 e. The molecule has 1 saturated heterocycles. The van der Waals surface area contributed by atoms with Gasteiger partial charge >= 0.3 is 0 Å². The van der Waals surface area contributed by atoms with Crippen LogP contribution in [0.15, 0.2) is 36.5 Å². The maximum atomic E-state index is 13.9. The zero-order valence-electron chi connectivity index (χ0n) is 9.07. The van der Waals surface area contributed by atoms with E-state index in [-0.39, 0.29) is 6.04 Å². The number of halogens is 1. The van der Waals surface area contributed by atoms with Gasteiger partial charge in [0.05, 0.1) is 6.04 Å². The van der Waals surface area contributed by atoms with Crippen LogP contribution in [0.1, 0.15) is 12.5 Å². The van der Waals surface area contributed by atoms with E-state index >= 15 is 0 Å². The van der Waals surface area contributed by atoms with Gasteiger partial charge in [-0.1, -0.05) is 18.2 Å². The van der Waals surface area contributed by atoms with Gasteiger partial charge < -0.3 is 9.88 Å². The number of para-hydroxylation sites is 1. The molecule has 2 atom stereocenters. The van der Waals surface area contributed by atoms with Crippen molar-refractivity contribution in [1.29, 1.82) is 0 Å². The first-order chi connectivity index (χ1) is 7.86. The zero-order valence-corrected chi connectivity index (χ0v) is 9.07. The Kier molecular flexibility index (Phi) is 2.40. The monoisotopic (exact) mass is 218 g/mol. The van der Waals surface area contributed by atoms with Gasteiger partial charge in [0.2, 0.25) is 0 Å². The van der Waals surface area contributed by atoms with Crippen LogP contribution in [-0.4, -0.2) is 23.8 Å². The number of hydrogen-bond acceptors (Lipinski definition) is 1. The van der Waals surface area contributed by atoms with Gasteiger partial charge in [0.15, 0.2) is 0 Å². The third-order valence-electron chi connectivity index (χ3n) is 3.36. The lowest BCUT2D eigenvalue weighted by Crippen LogP contribution is -2.39. The van der Waals surface area contributed by atoms with E-state index in [1.807, 2.05) is 18.3 Å². The molecule has 0 radical (unpaired) electrons. The molecule has 16 heavy (non-hydrogen) atoms. The Bertz CT molecular complexity index is 491. The third-order valence-corrected chi connectivity index (χ3v) is 3.36. The molecule has 1 fully saturated rings. The molecule has 3 rings (SSSR count). The number of hydrogen-bond donors (Lipinski definition) is 1. The summed E-state index contributed by atoms with van der Waals surface area (Å²) in [6.07, 6.45) is 2.08. The molecule has 0 amide bonds. The number of aromatic nitrogens is 1. The molecule has 1 aliphatic rings. The largest absolute Gasteiger partial charge is 0.341 e. The standard InChI is InChI=1S/C13H15FN2/c14-11-9-15-7-5-13(11)16-8-6-10-3-1-2-4-12(10)16/h1-4,6,8,11,13,15H,5,7,9H2. The molecule has 2 aromatic rings. The van der Waals surface area contributed by atoms with Crippen molar-refractivity contribution in [3.05, 3.63) is 36.5 Å². The molecule has 1 aliphatic heterocycles. The zero-order chi connectivity index (χ0) is 11.0. The molecule has 1 N–H and O–H groups in total. The highest BCUT2D eigenvalue weighted by Crippen LogP contribution is 2.27. The molecule has 1 aromatic heterocycles. The molecule has 2 unspecified atom stereocenters. The van der Waals surface area contributed by atoms with E-state index < -0.39 is 6.17 Å². The van der Waals surface area contributed by atoms with Crippen molar-refractivity contribution in [2.24, 2.45) is 0 Å². The normalized spacial score (nSPS) is 26.1. The van der Waals surface area contributed by atoms with Crippen LogP contribution in [-0.2, 0) is 0 Å². The van der Waals surface area contributed by atoms with Crippen molar-refractivity contribution in [2.45, 2.75) is 18.6 Å². The highest BCUT2D eigenvalue weighted by Gasteiger charge is 2.26. The summed E-state index contributed by atoms with van der Waals surface area (Å²) < 4.78 is 15.9. The maximum absolute atomic E-state index is 13.9. The molecule has 3 heteroatoms. The van der Waals surface area contributed by atoms with Gasteiger partial charge in [-0.15, -0.1) is 0 Å². The number of rotatable bonds is 1. The molecule has 2 nitrogen and oxygen atoms in total. The van der Waals surface area contributed by atoms with Gasteiger partial charge in [0, 0.05) is 18.3 Å². The second-order valence-electron chi connectivity index (χ2n) is 4.36. The molecule has 2 heterocycles. The van der Waals surface area contributed by atoms with E-state index in [9.17, 15) is 4.39 Å². The summed E-state index contributed by atoms with van der Waals surface area (Å²) in [5.41, 5.74) is 1.14. The van der Waals surface area contributed by atoms with Crippen LogP contribution < -0.4 is 5.32 Å². The number of nitrogens with zero attached hydrogens (tertiary/aromatic N) is 1. The van der Waals surface area contributed by atoms with Gasteiger partial charge in [-0.3, -0.25) is 0 Å². The van der Waals surface area contributed by atoms with E-state index in [1.54, 1.807) is 0 Å². The predicted octanol–water partition coefficient (Wildman–Crippen LogP) is 2.51. The first kappa shape index (κ1) is 9.85. The molecular formula is C13H15FN2. The average molecular weight is 218 g/mol. The van der Waals surface area contributed by atoms with Gasteiger partial charge in [-0.05, 0) is 30.5 Å². The van der Waals surface area contributed by atoms with E-state index in [0.717, 1.165) is 18.5 Å². The highest BCUT2D eigenvalue weighted by atomic mass is 19.1. The summed E-state index contributed by atoms with van der Waals surface area (Å²) in [7, 11) is 0. The molecular weight excluding hydrogens is 203 g/mol. The van der Waals surface area contributed by atoms with E-state index in [2.05, 4.69) is 28.1 Å². The first-order valence-corrected chi connectivity index (χ1v) is 5.76. The topological polar surface area (TPSA) is 17.0 Å². The maximum Gasteiger partial charge on any atom is 0.133 e. The number of benzene rings is 1. The quantitative estimate of drug-likeness (QED) is 0.778. The van der Waals surface area contributed by atoms with Gasteiger partial charge in [0.1, 0.15) is 6.17 Å². The third kappa shape index (κ3) is 1.52. The number of piperidine rings is 1. The second-order valence-corrected chi connectivity index (χ2v) is 4.36. The Morgan fingerprint density at radius 3 is 3.00 bits per heavy atom. The van der Waals surface area contributed by atoms with E-state index in [0.29, 0.717) is 6.54 Å². The van der Waals surface area contributed by atoms with Crippen molar-refractivity contribution in [3.8, 4) is 0 Å². The van der Waals surface area contributed by atoms with Crippen LogP contribution in [0.3, 0.4) is 0 Å². The van der Waals surface area contributed by atoms with Crippen molar-refractivity contribution in [2.75, 3.05) is 13.1 Å². The lowest BCUT2D eigenvalue weighted by Gasteiger charge is -2.28. The van der Waals surface area contributed by atoms with Crippen LogP contribution in [0.4, 0.5) is 4.39 Å². The number of alkyl halides is 1. The SMILES string of the molecule is FC1CNCCC1n1ccc2ccccc21. The van der Waals surface area contributed by atoms with Crippen molar-refractivity contribution >= 4 is 10.9 Å². The lowest BCUT2D eigenvalue weighted by atomic mass is 10.0. The Labute approximate surface area is 94.1 Å². The molecule has 0 bridgehead atoms.